The van der Waals surface area contributed by atoms with Gasteiger partial charge >= 0.3 is 5.97 Å². The molecule has 240 valence electrons. The first-order valence-corrected chi connectivity index (χ1v) is 16.8. The Morgan fingerprint density at radius 1 is 0.490 bits per heavy atom. The molecule has 0 fully saturated rings. The van der Waals surface area contributed by atoms with Gasteiger partial charge in [-0.15, -0.1) is 0 Å². The first kappa shape index (κ1) is 29.9. The predicted octanol–water partition coefficient (Wildman–Crippen LogP) is 11.2. The average molecular weight is 656 g/mol. The van der Waals surface area contributed by atoms with Gasteiger partial charge in [-0.1, -0.05) is 97.1 Å². The van der Waals surface area contributed by atoms with E-state index in [-0.39, 0.29) is 5.57 Å². The van der Waals surface area contributed by atoms with E-state index in [2.05, 4.69) is 130 Å². The Morgan fingerprint density at radius 2 is 0.941 bits per heavy atom. The molecule has 51 heavy (non-hydrogen) atoms. The number of carboxylic acid groups (broad SMARTS) is 1. The van der Waals surface area contributed by atoms with E-state index in [1.54, 1.807) is 6.07 Å². The Labute approximate surface area is 293 Å². The lowest BCUT2D eigenvalue weighted by Gasteiger charge is -2.12. The smallest absolute Gasteiger partial charge is 0.346 e. The highest BCUT2D eigenvalue weighted by Crippen LogP contribution is 2.38. The number of hydrogen-bond acceptors (Lipinski definition) is 2. The van der Waals surface area contributed by atoms with Gasteiger partial charge in [0.15, 0.2) is 0 Å². The number of nitrogens with zero attached hydrogens (tertiary/aromatic N) is 3. The van der Waals surface area contributed by atoms with Crippen molar-refractivity contribution in [3.8, 4) is 39.7 Å². The summed E-state index contributed by atoms with van der Waals surface area (Å²) >= 11 is 0. The Bertz CT molecular complexity index is 2780. The van der Waals surface area contributed by atoms with Crippen molar-refractivity contribution in [3.05, 3.63) is 175 Å². The number of carboxylic acids is 1. The molecule has 0 atom stereocenters. The Kier molecular flexibility index (Phi) is 7.08. The zero-order valence-electron chi connectivity index (χ0n) is 27.4. The number of aromatic nitrogens is 2. The third-order valence-electron chi connectivity index (χ3n) is 9.70. The zero-order valence-corrected chi connectivity index (χ0v) is 27.4. The van der Waals surface area contributed by atoms with E-state index in [1.807, 2.05) is 42.5 Å². The molecular weight excluding hydrogens is 627 g/mol. The van der Waals surface area contributed by atoms with Gasteiger partial charge in [0.05, 0.1) is 22.1 Å². The van der Waals surface area contributed by atoms with Crippen LogP contribution in [0.3, 0.4) is 0 Å². The Morgan fingerprint density at radius 3 is 1.45 bits per heavy atom. The van der Waals surface area contributed by atoms with Crippen LogP contribution >= 0.6 is 0 Å². The lowest BCUT2D eigenvalue weighted by Crippen LogP contribution is -1.98. The highest BCUT2D eigenvalue weighted by Gasteiger charge is 2.17. The van der Waals surface area contributed by atoms with Gasteiger partial charge in [0.1, 0.15) is 11.6 Å². The molecule has 2 heterocycles. The van der Waals surface area contributed by atoms with Crippen LogP contribution in [0.1, 0.15) is 5.56 Å². The summed E-state index contributed by atoms with van der Waals surface area (Å²) in [5.74, 6) is -1.24. The SMILES string of the molecule is N#C/C(=C\c1ccc2c(c1)c1ccccc1n2-c1ccc(-n2c3ccc(-c4ccccc4)cc3c3cc(-c4ccccc4)ccc32)cc1)C(=O)O. The topological polar surface area (TPSA) is 71.0 Å². The molecule has 9 rings (SSSR count). The summed E-state index contributed by atoms with van der Waals surface area (Å²) in [4.78, 5) is 11.5. The van der Waals surface area contributed by atoms with Gasteiger partial charge in [0.25, 0.3) is 0 Å². The molecular formula is C46H29N3O2. The molecule has 1 N–H and O–H groups in total. The summed E-state index contributed by atoms with van der Waals surface area (Å²) in [7, 11) is 0. The molecule has 9 aromatic rings. The van der Waals surface area contributed by atoms with Crippen molar-refractivity contribution in [2.24, 2.45) is 0 Å². The summed E-state index contributed by atoms with van der Waals surface area (Å²) in [6.45, 7) is 0. The van der Waals surface area contributed by atoms with Crippen LogP contribution in [0.25, 0.3) is 83.3 Å². The second-order valence-corrected chi connectivity index (χ2v) is 12.7. The van der Waals surface area contributed by atoms with Crippen LogP contribution in [0.4, 0.5) is 0 Å². The molecule has 5 heteroatoms. The maximum absolute atomic E-state index is 11.5. The molecule has 0 saturated carbocycles. The first-order valence-electron chi connectivity index (χ1n) is 16.8. The van der Waals surface area contributed by atoms with Gasteiger partial charge in [-0.05, 0) is 101 Å². The molecule has 2 aromatic heterocycles. The molecule has 0 aliphatic carbocycles. The van der Waals surface area contributed by atoms with E-state index in [1.165, 1.54) is 39.1 Å². The molecule has 0 bridgehead atoms. The molecule has 0 amide bonds. The summed E-state index contributed by atoms with van der Waals surface area (Å²) < 4.78 is 4.58. The molecule has 0 aliphatic rings. The summed E-state index contributed by atoms with van der Waals surface area (Å²) in [5, 5.41) is 23.1. The highest BCUT2D eigenvalue weighted by atomic mass is 16.4. The van der Waals surface area contributed by atoms with E-state index in [9.17, 15) is 15.2 Å². The van der Waals surface area contributed by atoms with Gasteiger partial charge in [-0.2, -0.15) is 5.26 Å². The number of hydrogen-bond donors (Lipinski definition) is 1. The van der Waals surface area contributed by atoms with E-state index in [4.69, 9.17) is 0 Å². The number of benzene rings is 7. The standard InChI is InChI=1S/C46H29N3O2/c47-29-35(46(50)51)25-30-15-22-43-39(26-30)38-13-7-8-14-42(38)48(43)36-18-20-37(21-19-36)49-44-23-16-33(31-9-3-1-4-10-31)27-40(44)41-28-34(17-24-45(41)49)32-11-5-2-6-12-32/h1-28H,(H,50,51)/b35-25+. The van der Waals surface area contributed by atoms with Crippen LogP contribution in [0, 0.1) is 11.3 Å². The molecule has 0 unspecified atom stereocenters. The van der Waals surface area contributed by atoms with Gasteiger partial charge in [-0.25, -0.2) is 4.79 Å². The summed E-state index contributed by atoms with van der Waals surface area (Å²) in [5.41, 5.74) is 11.5. The predicted molar refractivity (Wildman–Crippen MR) is 207 cm³/mol. The van der Waals surface area contributed by atoms with Crippen molar-refractivity contribution in [1.82, 2.24) is 9.13 Å². The quantitative estimate of drug-likeness (QED) is 0.143. The maximum Gasteiger partial charge on any atom is 0.346 e. The number of nitriles is 1. The minimum Gasteiger partial charge on any atom is -0.477 e. The van der Waals surface area contributed by atoms with E-state index in [0.717, 1.165) is 44.2 Å². The average Bonchev–Trinajstić information content (AvgIpc) is 3.69. The van der Waals surface area contributed by atoms with E-state index in [0.29, 0.717) is 5.56 Å². The molecule has 0 radical (unpaired) electrons. The molecule has 0 saturated heterocycles. The summed E-state index contributed by atoms with van der Waals surface area (Å²) in [6.07, 6.45) is 1.42. The van der Waals surface area contributed by atoms with E-state index >= 15 is 0 Å². The second kappa shape index (κ2) is 12.1. The van der Waals surface area contributed by atoms with Crippen molar-refractivity contribution in [2.45, 2.75) is 0 Å². The van der Waals surface area contributed by atoms with Crippen LogP contribution < -0.4 is 0 Å². The van der Waals surface area contributed by atoms with Crippen molar-refractivity contribution in [3.63, 3.8) is 0 Å². The van der Waals surface area contributed by atoms with Crippen LogP contribution in [0.15, 0.2) is 169 Å². The maximum atomic E-state index is 11.5. The van der Waals surface area contributed by atoms with Crippen molar-refractivity contribution < 1.29 is 9.90 Å². The lowest BCUT2D eigenvalue weighted by atomic mass is 10.0. The largest absolute Gasteiger partial charge is 0.477 e. The Hall–Kier alpha value is -7.16. The fourth-order valence-electron chi connectivity index (χ4n) is 7.34. The third-order valence-corrected chi connectivity index (χ3v) is 9.70. The Balaban J connectivity index is 1.20. The first-order chi connectivity index (χ1) is 25.1. The molecule has 5 nitrogen and oxygen atoms in total. The number of rotatable bonds is 6. The molecule has 7 aromatic carbocycles. The number of para-hydroxylation sites is 1. The van der Waals surface area contributed by atoms with Gasteiger partial charge < -0.3 is 14.2 Å². The fraction of sp³-hybridized carbons (Fsp3) is 0. The van der Waals surface area contributed by atoms with Crippen molar-refractivity contribution in [1.29, 1.82) is 5.26 Å². The molecule has 0 aliphatic heterocycles. The van der Waals surface area contributed by atoms with Crippen LogP contribution in [0.2, 0.25) is 0 Å². The van der Waals surface area contributed by atoms with Crippen LogP contribution in [0.5, 0.6) is 0 Å². The number of fused-ring (bicyclic) bond motifs is 6. The van der Waals surface area contributed by atoms with Crippen LogP contribution in [-0.2, 0) is 4.79 Å². The van der Waals surface area contributed by atoms with Crippen molar-refractivity contribution in [2.75, 3.05) is 0 Å². The van der Waals surface area contributed by atoms with Crippen molar-refractivity contribution >= 4 is 55.7 Å². The normalized spacial score (nSPS) is 11.8. The summed E-state index contributed by atoms with van der Waals surface area (Å²) in [6, 6.07) is 59.0. The van der Waals surface area contributed by atoms with Gasteiger partial charge in [0.2, 0.25) is 0 Å². The third kappa shape index (κ3) is 5.06. The molecule has 0 spiro atoms. The monoisotopic (exact) mass is 655 g/mol. The fourth-order valence-corrected chi connectivity index (χ4v) is 7.34. The van der Waals surface area contributed by atoms with Crippen LogP contribution in [-0.4, -0.2) is 20.2 Å². The zero-order chi connectivity index (χ0) is 34.5. The van der Waals surface area contributed by atoms with E-state index < -0.39 is 5.97 Å². The number of aliphatic carboxylic acids is 1. The second-order valence-electron chi connectivity index (χ2n) is 12.7. The minimum absolute atomic E-state index is 0.300. The van der Waals surface area contributed by atoms with Gasteiger partial charge in [-0.3, -0.25) is 0 Å². The highest BCUT2D eigenvalue weighted by molar-refractivity contribution is 6.12. The minimum atomic E-state index is -1.24. The van der Waals surface area contributed by atoms with Gasteiger partial charge in [0, 0.05) is 32.9 Å². The lowest BCUT2D eigenvalue weighted by molar-refractivity contribution is -0.132. The number of carbonyl (C=O) groups is 1.